The Morgan fingerprint density at radius 2 is 1.18 bits per heavy atom. The van der Waals surface area contributed by atoms with Crippen LogP contribution in [0.15, 0.2) is 0 Å². The first-order chi connectivity index (χ1) is 10.7. The van der Waals surface area contributed by atoms with Crippen molar-refractivity contribution >= 4 is 0 Å². The van der Waals surface area contributed by atoms with Crippen LogP contribution in [-0.4, -0.2) is 50.2 Å². The van der Waals surface area contributed by atoms with Crippen molar-refractivity contribution in [3.63, 3.8) is 0 Å². The van der Waals surface area contributed by atoms with Crippen molar-refractivity contribution in [2.45, 2.75) is 97.2 Å². The second-order valence-corrected chi connectivity index (χ2v) is 6.58. The van der Waals surface area contributed by atoms with Gasteiger partial charge in [0, 0.05) is 18.1 Å². The second-order valence-electron chi connectivity index (χ2n) is 6.58. The first kappa shape index (κ1) is 21.9. The second kappa shape index (κ2) is 14.5. The van der Waals surface area contributed by atoms with Gasteiger partial charge in [-0.2, -0.15) is 0 Å². The molecule has 1 saturated carbocycles. The summed E-state index contributed by atoms with van der Waals surface area (Å²) in [6.45, 7) is 10.9. The van der Waals surface area contributed by atoms with E-state index in [1.807, 2.05) is 13.8 Å². The Balaban J connectivity index is 0.000000640. The van der Waals surface area contributed by atoms with Gasteiger partial charge in [-0.25, -0.2) is 0 Å². The Bertz CT molecular complexity index is 215. The summed E-state index contributed by atoms with van der Waals surface area (Å²) in [6.07, 6.45) is 10.7. The van der Waals surface area contributed by atoms with Crippen LogP contribution >= 0.6 is 0 Å². The molecule has 3 heteroatoms. The average Bonchev–Trinajstić information content (AvgIpc) is 2.59. The summed E-state index contributed by atoms with van der Waals surface area (Å²) < 4.78 is 0. The molecule has 1 saturated heterocycles. The van der Waals surface area contributed by atoms with Crippen molar-refractivity contribution in [2.75, 3.05) is 27.2 Å². The number of nitrogens with one attached hydrogen (secondary N) is 2. The van der Waals surface area contributed by atoms with E-state index in [9.17, 15) is 0 Å². The maximum absolute atomic E-state index is 3.87. The van der Waals surface area contributed by atoms with Gasteiger partial charge in [-0.1, -0.05) is 40.5 Å². The summed E-state index contributed by atoms with van der Waals surface area (Å²) in [7, 11) is 4.32. The van der Waals surface area contributed by atoms with Crippen LogP contribution in [0.25, 0.3) is 0 Å². The number of likely N-dealkylation sites (tertiary alicyclic amines) is 1. The summed E-state index contributed by atoms with van der Waals surface area (Å²) in [4.78, 5) is 2.44. The van der Waals surface area contributed by atoms with Gasteiger partial charge in [0.15, 0.2) is 0 Å². The zero-order valence-corrected chi connectivity index (χ0v) is 16.3. The lowest BCUT2D eigenvalue weighted by Gasteiger charge is -2.35. The SMILES string of the molecule is CC.CCCC.CNC1CCC(NC2CCN(C)CC2)CC1. The topological polar surface area (TPSA) is 27.3 Å². The van der Waals surface area contributed by atoms with Gasteiger partial charge < -0.3 is 15.5 Å². The highest BCUT2D eigenvalue weighted by Crippen LogP contribution is 2.20. The molecule has 0 aromatic heterocycles. The van der Waals surface area contributed by atoms with E-state index < -0.39 is 0 Å². The predicted molar refractivity (Wildman–Crippen MR) is 101 cm³/mol. The molecule has 3 nitrogen and oxygen atoms in total. The largest absolute Gasteiger partial charge is 0.317 e. The van der Waals surface area contributed by atoms with Crippen molar-refractivity contribution in [3.8, 4) is 0 Å². The fourth-order valence-corrected chi connectivity index (χ4v) is 3.06. The van der Waals surface area contributed by atoms with E-state index in [1.54, 1.807) is 0 Å². The Morgan fingerprint density at radius 3 is 1.59 bits per heavy atom. The van der Waals surface area contributed by atoms with Gasteiger partial charge in [-0.15, -0.1) is 0 Å². The summed E-state index contributed by atoms with van der Waals surface area (Å²) >= 11 is 0. The number of hydrogen-bond acceptors (Lipinski definition) is 3. The molecule has 0 radical (unpaired) electrons. The minimum absolute atomic E-state index is 0.774. The minimum Gasteiger partial charge on any atom is -0.317 e. The summed E-state index contributed by atoms with van der Waals surface area (Å²) in [5, 5.41) is 7.27. The van der Waals surface area contributed by atoms with E-state index in [-0.39, 0.29) is 0 Å². The smallest absolute Gasteiger partial charge is 0.00939 e. The van der Waals surface area contributed by atoms with E-state index in [0.29, 0.717) is 0 Å². The maximum atomic E-state index is 3.87. The van der Waals surface area contributed by atoms with E-state index in [2.05, 4.69) is 43.5 Å². The van der Waals surface area contributed by atoms with E-state index >= 15 is 0 Å². The molecule has 0 spiro atoms. The lowest BCUT2D eigenvalue weighted by Crippen LogP contribution is -2.47. The quantitative estimate of drug-likeness (QED) is 0.820. The summed E-state index contributed by atoms with van der Waals surface area (Å²) in [5.74, 6) is 0. The maximum Gasteiger partial charge on any atom is 0.00939 e. The molecule has 0 aromatic carbocycles. The van der Waals surface area contributed by atoms with Gasteiger partial charge in [0.1, 0.15) is 0 Å². The van der Waals surface area contributed by atoms with Gasteiger partial charge >= 0.3 is 0 Å². The zero-order valence-electron chi connectivity index (χ0n) is 16.3. The van der Waals surface area contributed by atoms with Crippen LogP contribution in [0.2, 0.25) is 0 Å². The molecule has 0 unspecified atom stereocenters. The Hall–Kier alpha value is -0.120. The minimum atomic E-state index is 0.774. The van der Waals surface area contributed by atoms with Crippen molar-refractivity contribution in [1.82, 2.24) is 15.5 Å². The van der Waals surface area contributed by atoms with Gasteiger partial charge in [-0.05, 0) is 65.7 Å². The molecule has 22 heavy (non-hydrogen) atoms. The van der Waals surface area contributed by atoms with Crippen LogP contribution in [0.4, 0.5) is 0 Å². The fraction of sp³-hybridized carbons (Fsp3) is 1.00. The van der Waals surface area contributed by atoms with E-state index in [1.165, 1.54) is 64.5 Å². The molecule has 1 aliphatic carbocycles. The van der Waals surface area contributed by atoms with Crippen LogP contribution in [-0.2, 0) is 0 Å². The lowest BCUT2D eigenvalue weighted by molar-refractivity contribution is 0.208. The third-order valence-corrected chi connectivity index (χ3v) is 4.83. The first-order valence-electron chi connectivity index (χ1n) is 9.81. The Morgan fingerprint density at radius 1 is 0.773 bits per heavy atom. The third-order valence-electron chi connectivity index (χ3n) is 4.83. The van der Waals surface area contributed by atoms with Gasteiger partial charge in [0.2, 0.25) is 0 Å². The molecule has 2 N–H and O–H groups in total. The van der Waals surface area contributed by atoms with Crippen molar-refractivity contribution in [3.05, 3.63) is 0 Å². The normalized spacial score (nSPS) is 26.5. The summed E-state index contributed by atoms with van der Waals surface area (Å²) in [5.41, 5.74) is 0. The zero-order chi connectivity index (χ0) is 16.8. The number of hydrogen-bond donors (Lipinski definition) is 2. The van der Waals surface area contributed by atoms with Gasteiger partial charge in [-0.3, -0.25) is 0 Å². The highest BCUT2D eigenvalue weighted by Gasteiger charge is 2.23. The molecular formula is C19H43N3. The molecule has 2 rings (SSSR count). The number of rotatable bonds is 4. The molecule has 0 amide bonds. The van der Waals surface area contributed by atoms with Crippen LogP contribution in [0.1, 0.15) is 79.1 Å². The highest BCUT2D eigenvalue weighted by molar-refractivity contribution is 4.84. The van der Waals surface area contributed by atoms with Gasteiger partial charge in [0.25, 0.3) is 0 Å². The standard InChI is InChI=1S/C13H27N3.C4H10.C2H6/c1-14-11-3-5-12(6-4-11)15-13-7-9-16(2)10-8-13;1-3-4-2;1-2/h11-15H,3-10H2,1-2H3;3-4H2,1-2H3;1-2H3. The van der Waals surface area contributed by atoms with Gasteiger partial charge in [0.05, 0.1) is 0 Å². The number of piperidine rings is 1. The average molecular weight is 314 g/mol. The monoisotopic (exact) mass is 313 g/mol. The third kappa shape index (κ3) is 9.81. The molecule has 1 aliphatic heterocycles. The fourth-order valence-electron chi connectivity index (χ4n) is 3.06. The van der Waals surface area contributed by atoms with Crippen molar-refractivity contribution in [1.29, 1.82) is 0 Å². The van der Waals surface area contributed by atoms with Crippen molar-refractivity contribution in [2.24, 2.45) is 0 Å². The van der Waals surface area contributed by atoms with Crippen LogP contribution in [0.5, 0.6) is 0 Å². The van der Waals surface area contributed by atoms with Crippen molar-refractivity contribution < 1.29 is 0 Å². The highest BCUT2D eigenvalue weighted by atomic mass is 15.1. The van der Waals surface area contributed by atoms with E-state index in [0.717, 1.165) is 18.1 Å². The number of unbranched alkanes of at least 4 members (excludes halogenated alkanes) is 1. The predicted octanol–water partition coefficient (Wildman–Crippen LogP) is 4.03. The molecule has 2 fully saturated rings. The Labute approximate surface area is 140 Å². The molecule has 2 aliphatic rings. The Kier molecular flexibility index (Phi) is 14.4. The summed E-state index contributed by atoms with van der Waals surface area (Å²) in [6, 6.07) is 2.35. The molecule has 0 aromatic rings. The first-order valence-corrected chi connectivity index (χ1v) is 9.81. The molecule has 0 bridgehead atoms. The molecule has 0 atom stereocenters. The van der Waals surface area contributed by atoms with E-state index in [4.69, 9.17) is 0 Å². The molecule has 134 valence electrons. The number of nitrogens with zero attached hydrogens (tertiary/aromatic N) is 1. The molecular weight excluding hydrogens is 270 g/mol. The lowest BCUT2D eigenvalue weighted by atomic mass is 9.90. The van der Waals surface area contributed by atoms with Crippen LogP contribution < -0.4 is 10.6 Å². The van der Waals surface area contributed by atoms with Crippen LogP contribution in [0.3, 0.4) is 0 Å². The molecule has 1 heterocycles. The van der Waals surface area contributed by atoms with Crippen LogP contribution in [0, 0.1) is 0 Å².